The minimum Gasteiger partial charge on any atom is -0.333 e. The van der Waals surface area contributed by atoms with Gasteiger partial charge in [0.25, 0.3) is 0 Å². The molecular weight excluding hydrogens is 190 g/mol. The highest BCUT2D eigenvalue weighted by Gasteiger charge is 2.00. The van der Waals surface area contributed by atoms with Crippen molar-refractivity contribution >= 4 is 0 Å². The molecule has 0 fully saturated rings. The Bertz CT molecular complexity index is 390. The van der Waals surface area contributed by atoms with Gasteiger partial charge >= 0.3 is 0 Å². The first-order chi connectivity index (χ1) is 7.40. The van der Waals surface area contributed by atoms with E-state index in [1.165, 1.54) is 5.69 Å². The van der Waals surface area contributed by atoms with Crippen LogP contribution in [0.15, 0.2) is 31.0 Å². The molecule has 0 aliphatic carbocycles. The lowest BCUT2D eigenvalue weighted by atomic mass is 10.3. The van der Waals surface area contributed by atoms with Gasteiger partial charge in [-0.1, -0.05) is 0 Å². The topological polar surface area (TPSA) is 61.7 Å². The molecule has 2 rings (SSSR count). The van der Waals surface area contributed by atoms with Crippen LogP contribution in [-0.2, 0) is 19.5 Å². The Morgan fingerprint density at radius 3 is 3.00 bits per heavy atom. The molecular formula is C10H15N5. The third kappa shape index (κ3) is 2.44. The van der Waals surface area contributed by atoms with Crippen molar-refractivity contribution in [3.05, 3.63) is 36.7 Å². The second-order valence-corrected chi connectivity index (χ2v) is 3.39. The molecule has 15 heavy (non-hydrogen) atoms. The fraction of sp³-hybridized carbons (Fsp3) is 0.400. The number of aromatic nitrogens is 4. The van der Waals surface area contributed by atoms with Gasteiger partial charge in [0, 0.05) is 37.3 Å². The average molecular weight is 205 g/mol. The molecule has 0 spiro atoms. The van der Waals surface area contributed by atoms with Crippen LogP contribution < -0.4 is 5.73 Å². The molecule has 0 radical (unpaired) electrons. The SMILES string of the molecule is NCCc1cncn1CCn1cccn1. The molecule has 0 aliphatic rings. The van der Waals surface area contributed by atoms with E-state index in [9.17, 15) is 0 Å². The van der Waals surface area contributed by atoms with Crippen molar-refractivity contribution in [1.29, 1.82) is 0 Å². The molecule has 0 saturated heterocycles. The zero-order valence-corrected chi connectivity index (χ0v) is 8.58. The van der Waals surface area contributed by atoms with Gasteiger partial charge in [0.2, 0.25) is 0 Å². The van der Waals surface area contributed by atoms with Crippen LogP contribution >= 0.6 is 0 Å². The maximum absolute atomic E-state index is 5.52. The summed E-state index contributed by atoms with van der Waals surface area (Å²) in [7, 11) is 0. The molecule has 2 heterocycles. The Morgan fingerprint density at radius 2 is 2.27 bits per heavy atom. The van der Waals surface area contributed by atoms with Crippen LogP contribution in [-0.4, -0.2) is 25.9 Å². The first kappa shape index (κ1) is 9.92. The Labute approximate surface area is 88.5 Å². The number of hydrogen-bond acceptors (Lipinski definition) is 3. The number of rotatable bonds is 5. The van der Waals surface area contributed by atoms with Gasteiger partial charge in [-0.2, -0.15) is 5.10 Å². The van der Waals surface area contributed by atoms with E-state index < -0.39 is 0 Å². The van der Waals surface area contributed by atoms with Crippen molar-refractivity contribution in [2.45, 2.75) is 19.5 Å². The second kappa shape index (κ2) is 4.75. The summed E-state index contributed by atoms with van der Waals surface area (Å²) in [6.07, 6.45) is 8.33. The fourth-order valence-corrected chi connectivity index (χ4v) is 1.55. The Morgan fingerprint density at radius 1 is 1.33 bits per heavy atom. The van der Waals surface area contributed by atoms with Gasteiger partial charge in [-0.15, -0.1) is 0 Å². The molecule has 0 amide bonds. The van der Waals surface area contributed by atoms with E-state index in [-0.39, 0.29) is 0 Å². The molecule has 2 aromatic heterocycles. The summed E-state index contributed by atoms with van der Waals surface area (Å²) in [5.74, 6) is 0. The van der Waals surface area contributed by atoms with Gasteiger partial charge < -0.3 is 10.3 Å². The summed E-state index contributed by atoms with van der Waals surface area (Å²) in [6, 6.07) is 1.93. The lowest BCUT2D eigenvalue weighted by molar-refractivity contribution is 0.522. The summed E-state index contributed by atoms with van der Waals surface area (Å²) in [5.41, 5.74) is 6.71. The molecule has 0 aliphatic heterocycles. The third-order valence-corrected chi connectivity index (χ3v) is 2.33. The van der Waals surface area contributed by atoms with E-state index in [1.807, 2.05) is 29.5 Å². The van der Waals surface area contributed by atoms with E-state index in [0.29, 0.717) is 6.54 Å². The van der Waals surface area contributed by atoms with Crippen LogP contribution in [0.25, 0.3) is 0 Å². The fourth-order valence-electron chi connectivity index (χ4n) is 1.55. The van der Waals surface area contributed by atoms with Crippen molar-refractivity contribution in [1.82, 2.24) is 19.3 Å². The number of aryl methyl sites for hydroxylation is 2. The Kier molecular flexibility index (Phi) is 3.14. The summed E-state index contributed by atoms with van der Waals surface area (Å²) in [5, 5.41) is 4.15. The van der Waals surface area contributed by atoms with Crippen LogP contribution in [0.3, 0.4) is 0 Å². The lowest BCUT2D eigenvalue weighted by Gasteiger charge is -2.07. The molecule has 0 bridgehead atoms. The van der Waals surface area contributed by atoms with Gasteiger partial charge in [-0.3, -0.25) is 4.68 Å². The van der Waals surface area contributed by atoms with E-state index in [4.69, 9.17) is 5.73 Å². The van der Waals surface area contributed by atoms with Crippen LogP contribution in [0, 0.1) is 0 Å². The van der Waals surface area contributed by atoms with Gasteiger partial charge in [0.15, 0.2) is 0 Å². The monoisotopic (exact) mass is 205 g/mol. The predicted molar refractivity (Wildman–Crippen MR) is 57.2 cm³/mol. The largest absolute Gasteiger partial charge is 0.333 e. The molecule has 0 atom stereocenters. The van der Waals surface area contributed by atoms with Crippen LogP contribution in [0.2, 0.25) is 0 Å². The maximum atomic E-state index is 5.52. The molecule has 0 saturated carbocycles. The van der Waals surface area contributed by atoms with E-state index in [0.717, 1.165) is 19.5 Å². The third-order valence-electron chi connectivity index (χ3n) is 2.33. The van der Waals surface area contributed by atoms with Crippen LogP contribution in [0.4, 0.5) is 0 Å². The van der Waals surface area contributed by atoms with Gasteiger partial charge in [0.05, 0.1) is 12.9 Å². The number of hydrogen-bond donors (Lipinski definition) is 1. The zero-order valence-electron chi connectivity index (χ0n) is 8.58. The highest BCUT2D eigenvalue weighted by Crippen LogP contribution is 2.00. The first-order valence-electron chi connectivity index (χ1n) is 5.06. The Hall–Kier alpha value is -1.62. The molecule has 80 valence electrons. The molecule has 0 aromatic carbocycles. The quantitative estimate of drug-likeness (QED) is 0.762. The van der Waals surface area contributed by atoms with Crippen LogP contribution in [0.1, 0.15) is 5.69 Å². The number of nitrogens with two attached hydrogens (primary N) is 1. The van der Waals surface area contributed by atoms with Gasteiger partial charge in [-0.25, -0.2) is 4.98 Å². The standard InChI is InChI=1S/C10H15N5/c11-3-2-10-8-12-9-14(10)6-7-15-5-1-4-13-15/h1,4-5,8-9H,2-3,6-7,11H2. The van der Waals surface area contributed by atoms with E-state index >= 15 is 0 Å². The van der Waals surface area contributed by atoms with Crippen molar-refractivity contribution in [3.8, 4) is 0 Å². The molecule has 5 nitrogen and oxygen atoms in total. The summed E-state index contributed by atoms with van der Waals surface area (Å²) < 4.78 is 4.03. The van der Waals surface area contributed by atoms with Crippen molar-refractivity contribution in [2.75, 3.05) is 6.54 Å². The number of imidazole rings is 1. The van der Waals surface area contributed by atoms with Crippen molar-refractivity contribution in [2.24, 2.45) is 5.73 Å². The highest BCUT2D eigenvalue weighted by atomic mass is 15.3. The van der Waals surface area contributed by atoms with Crippen LogP contribution in [0.5, 0.6) is 0 Å². The molecule has 2 aromatic rings. The Balaban J connectivity index is 1.95. The predicted octanol–water partition coefficient (Wildman–Crippen LogP) is 0.281. The van der Waals surface area contributed by atoms with E-state index in [2.05, 4.69) is 14.6 Å². The van der Waals surface area contributed by atoms with Gasteiger partial charge in [0.1, 0.15) is 0 Å². The van der Waals surface area contributed by atoms with E-state index in [1.54, 1.807) is 6.20 Å². The lowest BCUT2D eigenvalue weighted by Crippen LogP contribution is -2.12. The summed E-state index contributed by atoms with van der Waals surface area (Å²) in [6.45, 7) is 2.41. The highest BCUT2D eigenvalue weighted by molar-refractivity contribution is 4.98. The minimum atomic E-state index is 0.660. The molecule has 2 N–H and O–H groups in total. The molecule has 0 unspecified atom stereocenters. The summed E-state index contributed by atoms with van der Waals surface area (Å²) >= 11 is 0. The smallest absolute Gasteiger partial charge is 0.0948 e. The average Bonchev–Trinajstić information content (AvgIpc) is 2.85. The van der Waals surface area contributed by atoms with Crippen molar-refractivity contribution < 1.29 is 0 Å². The second-order valence-electron chi connectivity index (χ2n) is 3.39. The first-order valence-corrected chi connectivity index (χ1v) is 5.06. The minimum absolute atomic E-state index is 0.660. The number of nitrogens with zero attached hydrogens (tertiary/aromatic N) is 4. The normalized spacial score (nSPS) is 10.7. The zero-order chi connectivity index (χ0) is 10.5. The molecule has 5 heteroatoms. The van der Waals surface area contributed by atoms with Crippen molar-refractivity contribution in [3.63, 3.8) is 0 Å². The summed E-state index contributed by atoms with van der Waals surface area (Å²) in [4.78, 5) is 4.12. The van der Waals surface area contributed by atoms with Gasteiger partial charge in [-0.05, 0) is 12.6 Å². The maximum Gasteiger partial charge on any atom is 0.0948 e.